The Morgan fingerprint density at radius 2 is 2.08 bits per heavy atom. The van der Waals surface area contributed by atoms with Gasteiger partial charge in [-0.05, 0) is 44.3 Å². The number of likely N-dealkylation sites (tertiary alicyclic amines) is 1. The van der Waals surface area contributed by atoms with Crippen LogP contribution in [-0.2, 0) is 11.2 Å². The van der Waals surface area contributed by atoms with E-state index in [0.717, 1.165) is 38.9 Å². The molecule has 0 spiro atoms. The second-order valence-electron chi connectivity index (χ2n) is 5.93. The molecule has 0 aromatic heterocycles. The van der Waals surface area contributed by atoms with Gasteiger partial charge in [-0.15, -0.1) is 12.4 Å². The molecule has 0 atom stereocenters. The number of rotatable bonds is 6. The summed E-state index contributed by atoms with van der Waals surface area (Å²) in [5.74, 6) is 0.710. The fraction of sp³-hybridized carbons (Fsp3) is 0.562. The molecule has 6 nitrogen and oxygen atoms in total. The summed E-state index contributed by atoms with van der Waals surface area (Å²) >= 11 is 6.05. The highest BCUT2D eigenvalue weighted by atomic mass is 35.5. The van der Waals surface area contributed by atoms with E-state index in [-0.39, 0.29) is 35.4 Å². The van der Waals surface area contributed by atoms with Crippen molar-refractivity contribution >= 4 is 35.6 Å². The first-order valence-electron chi connectivity index (χ1n) is 7.86. The van der Waals surface area contributed by atoms with E-state index < -0.39 is 4.92 Å². The predicted octanol–water partition coefficient (Wildman–Crippen LogP) is 3.06. The fourth-order valence-corrected chi connectivity index (χ4v) is 3.13. The van der Waals surface area contributed by atoms with Crippen molar-refractivity contribution in [3.05, 3.63) is 38.9 Å². The van der Waals surface area contributed by atoms with E-state index in [4.69, 9.17) is 11.6 Å². The normalized spacial score (nSPS) is 15.0. The zero-order valence-corrected chi connectivity index (χ0v) is 15.2. The molecular formula is C16H23Cl2N3O3. The topological polar surface area (TPSA) is 75.5 Å². The Morgan fingerprint density at radius 1 is 1.42 bits per heavy atom. The van der Waals surface area contributed by atoms with Crippen molar-refractivity contribution in [2.24, 2.45) is 5.92 Å². The standard InChI is InChI=1S/C16H22ClN3O3.ClH/c1-18-7-4-12-5-8-19(9-6-12)16(21)10-13-2-3-14(20(22)23)11-15(13)17;/h2-3,11-12,18H,4-10H2,1H3;1H. The molecule has 0 saturated carbocycles. The third-order valence-electron chi connectivity index (χ3n) is 4.36. The zero-order valence-electron chi connectivity index (χ0n) is 13.7. The van der Waals surface area contributed by atoms with Gasteiger partial charge in [0.05, 0.1) is 16.4 Å². The molecule has 1 fully saturated rings. The molecule has 1 amide bonds. The summed E-state index contributed by atoms with van der Waals surface area (Å²) in [7, 11) is 1.95. The number of nitrogens with one attached hydrogen (secondary N) is 1. The van der Waals surface area contributed by atoms with E-state index in [1.165, 1.54) is 12.1 Å². The van der Waals surface area contributed by atoms with Crippen molar-refractivity contribution in [1.82, 2.24) is 10.2 Å². The highest BCUT2D eigenvalue weighted by molar-refractivity contribution is 6.31. The quantitative estimate of drug-likeness (QED) is 0.612. The van der Waals surface area contributed by atoms with Crippen LogP contribution in [0.3, 0.4) is 0 Å². The summed E-state index contributed by atoms with van der Waals surface area (Å²) in [5.41, 5.74) is 0.580. The number of non-ortho nitro benzene ring substituents is 1. The van der Waals surface area contributed by atoms with Crippen LogP contribution in [0.15, 0.2) is 18.2 Å². The number of piperidine rings is 1. The van der Waals surface area contributed by atoms with E-state index in [2.05, 4.69) is 5.32 Å². The van der Waals surface area contributed by atoms with Crippen LogP contribution >= 0.6 is 24.0 Å². The van der Waals surface area contributed by atoms with E-state index in [1.54, 1.807) is 6.07 Å². The maximum Gasteiger partial charge on any atom is 0.270 e. The Morgan fingerprint density at radius 3 is 2.62 bits per heavy atom. The van der Waals surface area contributed by atoms with Gasteiger partial charge in [0.25, 0.3) is 5.69 Å². The van der Waals surface area contributed by atoms with Gasteiger partial charge < -0.3 is 10.2 Å². The number of halogens is 2. The maximum atomic E-state index is 12.4. The lowest BCUT2D eigenvalue weighted by Gasteiger charge is -2.32. The van der Waals surface area contributed by atoms with Crippen LogP contribution in [-0.4, -0.2) is 42.4 Å². The largest absolute Gasteiger partial charge is 0.342 e. The van der Waals surface area contributed by atoms with Crippen LogP contribution in [0.4, 0.5) is 5.69 Å². The van der Waals surface area contributed by atoms with Crippen molar-refractivity contribution in [2.45, 2.75) is 25.7 Å². The van der Waals surface area contributed by atoms with Gasteiger partial charge >= 0.3 is 0 Å². The Hall–Kier alpha value is -1.37. The molecule has 1 N–H and O–H groups in total. The Balaban J connectivity index is 0.00000288. The average Bonchev–Trinajstić information content (AvgIpc) is 2.55. The average molecular weight is 376 g/mol. The van der Waals surface area contributed by atoms with Crippen LogP contribution in [0, 0.1) is 16.0 Å². The molecule has 1 aliphatic rings. The molecule has 2 rings (SSSR count). The SMILES string of the molecule is CNCCC1CCN(C(=O)Cc2ccc([N+](=O)[O-])cc2Cl)CC1.Cl. The Bertz CT molecular complexity index is 576. The van der Waals surface area contributed by atoms with E-state index in [0.29, 0.717) is 11.5 Å². The Labute approximate surface area is 153 Å². The summed E-state index contributed by atoms with van der Waals surface area (Å²) < 4.78 is 0. The number of nitro groups is 1. The van der Waals surface area contributed by atoms with Crippen LogP contribution < -0.4 is 5.32 Å². The van der Waals surface area contributed by atoms with Gasteiger partial charge in [-0.2, -0.15) is 0 Å². The van der Waals surface area contributed by atoms with Crippen molar-refractivity contribution in [2.75, 3.05) is 26.7 Å². The van der Waals surface area contributed by atoms with Crippen LogP contribution in [0.2, 0.25) is 5.02 Å². The molecule has 1 aromatic carbocycles. The van der Waals surface area contributed by atoms with Gasteiger partial charge in [-0.1, -0.05) is 17.7 Å². The smallest absolute Gasteiger partial charge is 0.270 e. The van der Waals surface area contributed by atoms with Gasteiger partial charge in [0.2, 0.25) is 5.91 Å². The minimum absolute atomic E-state index is 0. The van der Waals surface area contributed by atoms with E-state index >= 15 is 0 Å². The lowest BCUT2D eigenvalue weighted by Crippen LogP contribution is -2.39. The number of nitro benzene ring substituents is 1. The molecule has 8 heteroatoms. The van der Waals surface area contributed by atoms with Crippen LogP contribution in [0.5, 0.6) is 0 Å². The van der Waals surface area contributed by atoms with E-state index in [1.807, 2.05) is 11.9 Å². The summed E-state index contributed by atoms with van der Waals surface area (Å²) in [6.45, 7) is 2.56. The van der Waals surface area contributed by atoms with E-state index in [9.17, 15) is 14.9 Å². The third kappa shape index (κ3) is 5.61. The summed E-state index contributed by atoms with van der Waals surface area (Å²) in [6.07, 6.45) is 3.40. The summed E-state index contributed by atoms with van der Waals surface area (Å²) in [4.78, 5) is 24.5. The molecule has 1 saturated heterocycles. The number of nitrogens with zero attached hydrogens (tertiary/aromatic N) is 2. The molecule has 0 unspecified atom stereocenters. The maximum absolute atomic E-state index is 12.4. The first-order valence-corrected chi connectivity index (χ1v) is 8.24. The monoisotopic (exact) mass is 375 g/mol. The highest BCUT2D eigenvalue weighted by Crippen LogP contribution is 2.25. The summed E-state index contributed by atoms with van der Waals surface area (Å²) in [5, 5.41) is 14.1. The molecule has 0 bridgehead atoms. The van der Waals surface area contributed by atoms with Gasteiger partial charge in [0.1, 0.15) is 0 Å². The van der Waals surface area contributed by atoms with Gasteiger partial charge in [-0.25, -0.2) is 0 Å². The van der Waals surface area contributed by atoms with Crippen LogP contribution in [0.25, 0.3) is 0 Å². The molecule has 24 heavy (non-hydrogen) atoms. The second kappa shape index (κ2) is 9.81. The van der Waals surface area contributed by atoms with Gasteiger partial charge in [0, 0.05) is 25.2 Å². The minimum Gasteiger partial charge on any atom is -0.342 e. The third-order valence-corrected chi connectivity index (χ3v) is 4.71. The number of hydrogen-bond acceptors (Lipinski definition) is 4. The fourth-order valence-electron chi connectivity index (χ4n) is 2.89. The number of amides is 1. The van der Waals surface area contributed by atoms with Gasteiger partial charge in [0.15, 0.2) is 0 Å². The lowest BCUT2D eigenvalue weighted by atomic mass is 9.93. The molecule has 1 aliphatic heterocycles. The van der Waals surface area contributed by atoms with Crippen molar-refractivity contribution in [3.8, 4) is 0 Å². The first-order chi connectivity index (χ1) is 11.0. The second-order valence-corrected chi connectivity index (χ2v) is 6.33. The number of hydrogen-bond donors (Lipinski definition) is 1. The molecule has 0 radical (unpaired) electrons. The van der Waals surface area contributed by atoms with Crippen molar-refractivity contribution in [1.29, 1.82) is 0 Å². The first kappa shape index (κ1) is 20.7. The van der Waals surface area contributed by atoms with Gasteiger partial charge in [-0.3, -0.25) is 14.9 Å². The Kier molecular flexibility index (Phi) is 8.45. The molecule has 1 heterocycles. The zero-order chi connectivity index (χ0) is 16.8. The van der Waals surface area contributed by atoms with Crippen LogP contribution in [0.1, 0.15) is 24.8 Å². The minimum atomic E-state index is -0.493. The number of benzene rings is 1. The lowest BCUT2D eigenvalue weighted by molar-refractivity contribution is -0.384. The molecular weight excluding hydrogens is 353 g/mol. The highest BCUT2D eigenvalue weighted by Gasteiger charge is 2.23. The van der Waals surface area contributed by atoms with Crippen molar-refractivity contribution < 1.29 is 9.72 Å². The molecule has 0 aliphatic carbocycles. The predicted molar refractivity (Wildman–Crippen MR) is 96.9 cm³/mol. The molecule has 134 valence electrons. The molecule has 1 aromatic rings. The summed E-state index contributed by atoms with van der Waals surface area (Å²) in [6, 6.07) is 4.25. The number of carbonyl (C=O) groups excluding carboxylic acids is 1. The number of carbonyl (C=O) groups is 1. The van der Waals surface area contributed by atoms with Crippen molar-refractivity contribution in [3.63, 3.8) is 0 Å².